The molecule has 28 heavy (non-hydrogen) atoms. The summed E-state index contributed by atoms with van der Waals surface area (Å²) in [5, 5.41) is 13.5. The van der Waals surface area contributed by atoms with Gasteiger partial charge in [0.25, 0.3) is 5.69 Å². The number of carbonyl (C=O) groups is 1. The van der Waals surface area contributed by atoms with E-state index in [1.165, 1.54) is 24.6 Å². The lowest BCUT2D eigenvalue weighted by atomic mass is 9.67. The van der Waals surface area contributed by atoms with Crippen LogP contribution in [0.5, 0.6) is 0 Å². The first kappa shape index (κ1) is 22.3. The number of hydrogen-bond acceptors (Lipinski definition) is 5. The molecule has 8 nitrogen and oxygen atoms in total. The van der Waals surface area contributed by atoms with Gasteiger partial charge in [-0.05, 0) is 42.6 Å². The Balaban J connectivity index is 1.79. The molecule has 1 saturated carbocycles. The summed E-state index contributed by atoms with van der Waals surface area (Å²) in [6, 6.07) is 4.85. The van der Waals surface area contributed by atoms with E-state index in [1.807, 2.05) is 0 Å². The lowest BCUT2D eigenvalue weighted by Gasteiger charge is -2.38. The Hall–Kier alpha value is -2.00. The van der Waals surface area contributed by atoms with Gasteiger partial charge in [0.15, 0.2) is 0 Å². The summed E-state index contributed by atoms with van der Waals surface area (Å²) in [5.41, 5.74) is -0.0443. The Labute approximate surface area is 166 Å². The summed E-state index contributed by atoms with van der Waals surface area (Å²) in [4.78, 5) is 22.1. The maximum Gasteiger partial charge on any atom is 0.270 e. The van der Waals surface area contributed by atoms with Crippen LogP contribution < -0.4 is 10.0 Å². The van der Waals surface area contributed by atoms with Crippen molar-refractivity contribution < 1.29 is 18.1 Å². The quantitative estimate of drug-likeness (QED) is 0.387. The Kier molecular flexibility index (Phi) is 7.16. The monoisotopic (exact) mass is 411 g/mol. The number of carbonyl (C=O) groups excluding carboxylic acids is 1. The summed E-state index contributed by atoms with van der Waals surface area (Å²) >= 11 is 0. The summed E-state index contributed by atoms with van der Waals surface area (Å²) in [6.07, 6.45) is 3.68. The number of sulfonamides is 1. The van der Waals surface area contributed by atoms with Crippen LogP contribution in [0.1, 0.15) is 46.5 Å². The predicted molar refractivity (Wildman–Crippen MR) is 106 cm³/mol. The fraction of sp³-hybridized carbons (Fsp3) is 0.632. The van der Waals surface area contributed by atoms with Gasteiger partial charge in [0.1, 0.15) is 0 Å². The van der Waals surface area contributed by atoms with Crippen LogP contribution in [0.2, 0.25) is 0 Å². The first-order chi connectivity index (χ1) is 13.0. The van der Waals surface area contributed by atoms with Crippen LogP contribution in [0.25, 0.3) is 0 Å². The van der Waals surface area contributed by atoms with Gasteiger partial charge in [0, 0.05) is 31.6 Å². The molecule has 1 aliphatic carbocycles. The van der Waals surface area contributed by atoms with Gasteiger partial charge in [-0.3, -0.25) is 14.9 Å². The zero-order valence-corrected chi connectivity index (χ0v) is 17.4. The second-order valence-corrected chi connectivity index (χ2v) is 10.3. The largest absolute Gasteiger partial charge is 0.355 e. The molecule has 1 amide bonds. The van der Waals surface area contributed by atoms with E-state index in [1.54, 1.807) is 0 Å². The number of benzene rings is 1. The summed E-state index contributed by atoms with van der Waals surface area (Å²) in [6.45, 7) is 6.86. The number of nitrogens with zero attached hydrogens (tertiary/aromatic N) is 1. The smallest absolute Gasteiger partial charge is 0.270 e. The molecular formula is C19H29N3O5S. The van der Waals surface area contributed by atoms with Gasteiger partial charge in [0.2, 0.25) is 15.9 Å². The molecule has 1 aliphatic rings. The molecule has 0 aromatic heterocycles. The van der Waals surface area contributed by atoms with Crippen LogP contribution in [-0.2, 0) is 14.8 Å². The molecule has 2 unspecified atom stereocenters. The van der Waals surface area contributed by atoms with Crippen molar-refractivity contribution in [3.8, 4) is 0 Å². The Morgan fingerprint density at radius 1 is 1.29 bits per heavy atom. The number of amides is 1. The third kappa shape index (κ3) is 6.56. The second kappa shape index (κ2) is 9.00. The van der Waals surface area contributed by atoms with Gasteiger partial charge >= 0.3 is 0 Å². The minimum absolute atomic E-state index is 0.0172. The fourth-order valence-corrected chi connectivity index (χ4v) is 5.34. The fourth-order valence-electron chi connectivity index (χ4n) is 4.27. The summed E-state index contributed by atoms with van der Waals surface area (Å²) in [5.74, 6) is 0.869. The van der Waals surface area contributed by atoms with E-state index in [-0.39, 0.29) is 35.0 Å². The Bertz CT molecular complexity index is 823. The van der Waals surface area contributed by atoms with Crippen LogP contribution in [0.15, 0.2) is 29.2 Å². The highest BCUT2D eigenvalue weighted by Crippen LogP contribution is 2.42. The van der Waals surface area contributed by atoms with Crippen molar-refractivity contribution in [3.63, 3.8) is 0 Å². The number of nitro benzene ring substituents is 1. The highest BCUT2D eigenvalue weighted by atomic mass is 32.2. The van der Waals surface area contributed by atoms with Crippen molar-refractivity contribution in [2.45, 2.75) is 51.3 Å². The zero-order valence-electron chi connectivity index (χ0n) is 16.6. The van der Waals surface area contributed by atoms with Crippen LogP contribution in [0.4, 0.5) is 5.69 Å². The highest BCUT2D eigenvalue weighted by Gasteiger charge is 2.32. The molecule has 156 valence electrons. The van der Waals surface area contributed by atoms with Crippen LogP contribution in [0.3, 0.4) is 0 Å². The van der Waals surface area contributed by atoms with Gasteiger partial charge < -0.3 is 5.32 Å². The molecule has 0 heterocycles. The lowest BCUT2D eigenvalue weighted by molar-refractivity contribution is -0.385. The van der Waals surface area contributed by atoms with Gasteiger partial charge in [0.05, 0.1) is 9.82 Å². The SMILES string of the molecule is CC1CC(CC(=O)NCCNS(=O)(=O)c2cccc([N+](=O)[O-])c2)CC(C)(C)C1. The van der Waals surface area contributed by atoms with Crippen molar-refractivity contribution in [2.24, 2.45) is 17.3 Å². The van der Waals surface area contributed by atoms with Crippen LogP contribution >= 0.6 is 0 Å². The standard InChI is InChI=1S/C19H29N3O5S/c1-14-9-15(13-19(2,3)12-14)10-18(23)20-7-8-21-28(26,27)17-6-4-5-16(11-17)22(24)25/h4-6,11,14-15,21H,7-10,12-13H2,1-3H3,(H,20,23). The average Bonchev–Trinajstić information content (AvgIpc) is 2.57. The molecule has 0 saturated heterocycles. The van der Waals surface area contributed by atoms with E-state index in [2.05, 4.69) is 30.8 Å². The van der Waals surface area contributed by atoms with Gasteiger partial charge in [-0.15, -0.1) is 0 Å². The number of nitrogens with one attached hydrogen (secondary N) is 2. The van der Waals surface area contributed by atoms with Crippen molar-refractivity contribution >= 4 is 21.6 Å². The number of rotatable bonds is 8. The number of nitro groups is 1. The average molecular weight is 412 g/mol. The van der Waals surface area contributed by atoms with Crippen molar-refractivity contribution in [1.29, 1.82) is 0 Å². The van der Waals surface area contributed by atoms with Crippen molar-refractivity contribution in [2.75, 3.05) is 13.1 Å². The first-order valence-corrected chi connectivity index (χ1v) is 11.0. The number of non-ortho nitro benzene ring substituents is 1. The van der Waals surface area contributed by atoms with E-state index >= 15 is 0 Å². The molecule has 1 aromatic carbocycles. The third-order valence-electron chi connectivity index (χ3n) is 5.03. The maximum atomic E-state index is 12.2. The molecule has 0 bridgehead atoms. The lowest BCUT2D eigenvalue weighted by Crippen LogP contribution is -2.36. The van der Waals surface area contributed by atoms with E-state index < -0.39 is 14.9 Å². The summed E-state index contributed by atoms with van der Waals surface area (Å²) < 4.78 is 26.8. The van der Waals surface area contributed by atoms with Crippen molar-refractivity contribution in [1.82, 2.24) is 10.0 Å². The van der Waals surface area contributed by atoms with Crippen molar-refractivity contribution in [3.05, 3.63) is 34.4 Å². The highest BCUT2D eigenvalue weighted by molar-refractivity contribution is 7.89. The molecule has 0 radical (unpaired) electrons. The minimum atomic E-state index is -3.87. The molecule has 2 N–H and O–H groups in total. The molecule has 2 rings (SSSR count). The predicted octanol–water partition coefficient (Wildman–Crippen LogP) is 2.84. The summed E-state index contributed by atoms with van der Waals surface area (Å²) in [7, 11) is -3.87. The van der Waals surface area contributed by atoms with E-state index in [0.717, 1.165) is 18.9 Å². The van der Waals surface area contributed by atoms with Crippen LogP contribution in [0, 0.1) is 27.4 Å². The minimum Gasteiger partial charge on any atom is -0.355 e. The normalized spacial score (nSPS) is 21.8. The topological polar surface area (TPSA) is 118 Å². The molecule has 9 heteroatoms. The maximum absolute atomic E-state index is 12.2. The molecule has 1 fully saturated rings. The molecular weight excluding hydrogens is 382 g/mol. The Morgan fingerprint density at radius 3 is 2.64 bits per heavy atom. The van der Waals surface area contributed by atoms with Gasteiger partial charge in [-0.25, -0.2) is 13.1 Å². The van der Waals surface area contributed by atoms with Crippen LogP contribution in [-0.4, -0.2) is 32.3 Å². The Morgan fingerprint density at radius 2 is 2.00 bits per heavy atom. The van der Waals surface area contributed by atoms with Gasteiger partial charge in [-0.1, -0.05) is 26.8 Å². The third-order valence-corrected chi connectivity index (χ3v) is 6.49. The molecule has 0 spiro atoms. The molecule has 2 atom stereocenters. The molecule has 1 aromatic rings. The van der Waals surface area contributed by atoms with E-state index in [4.69, 9.17) is 0 Å². The van der Waals surface area contributed by atoms with E-state index in [9.17, 15) is 23.3 Å². The van der Waals surface area contributed by atoms with E-state index in [0.29, 0.717) is 18.3 Å². The second-order valence-electron chi connectivity index (χ2n) is 8.49. The number of hydrogen-bond donors (Lipinski definition) is 2. The van der Waals surface area contributed by atoms with Gasteiger partial charge in [-0.2, -0.15) is 0 Å². The molecule has 0 aliphatic heterocycles. The zero-order chi connectivity index (χ0) is 20.9. The first-order valence-electron chi connectivity index (χ1n) is 9.49.